The van der Waals surface area contributed by atoms with Crippen LogP contribution in [0.4, 0.5) is 0 Å². The Bertz CT molecular complexity index is 917. The number of halogens is 1. The number of aromatic nitrogens is 6. The van der Waals surface area contributed by atoms with Gasteiger partial charge in [-0.2, -0.15) is 24.7 Å². The van der Waals surface area contributed by atoms with E-state index in [2.05, 4.69) is 37.2 Å². The van der Waals surface area contributed by atoms with Crippen LogP contribution in [0.15, 0.2) is 42.3 Å². The molecule has 4 rings (SSSR count). The third kappa shape index (κ3) is 2.16. The van der Waals surface area contributed by atoms with Gasteiger partial charge in [-0.3, -0.25) is 0 Å². The summed E-state index contributed by atoms with van der Waals surface area (Å²) in [6, 6.07) is 8.05. The first kappa shape index (κ1) is 12.4. The molecule has 0 saturated carbocycles. The molecule has 0 saturated heterocycles. The molecule has 0 N–H and O–H groups in total. The van der Waals surface area contributed by atoms with Gasteiger partial charge in [0.2, 0.25) is 5.28 Å². The van der Waals surface area contributed by atoms with Crippen molar-refractivity contribution < 1.29 is 0 Å². The molecule has 0 atom stereocenters. The fraction of sp³-hybridized carbons (Fsp3) is 0. The summed E-state index contributed by atoms with van der Waals surface area (Å²) in [7, 11) is 0. The van der Waals surface area contributed by atoms with E-state index in [0.717, 1.165) is 15.6 Å². The monoisotopic (exact) mass is 314 g/mol. The van der Waals surface area contributed by atoms with Crippen molar-refractivity contribution in [3.8, 4) is 17.3 Å². The molecular formula is C13H7ClN6S. The highest BCUT2D eigenvalue weighted by Gasteiger charge is 2.12. The van der Waals surface area contributed by atoms with Crippen molar-refractivity contribution in [3.63, 3.8) is 0 Å². The summed E-state index contributed by atoms with van der Waals surface area (Å²) in [5, 5.41) is 7.32. The Morgan fingerprint density at radius 1 is 1.10 bits per heavy atom. The van der Waals surface area contributed by atoms with Gasteiger partial charge in [-0.15, -0.1) is 11.3 Å². The quantitative estimate of drug-likeness (QED) is 0.569. The zero-order chi connectivity index (χ0) is 14.2. The minimum absolute atomic E-state index is 0.124. The number of fused-ring (bicyclic) bond motifs is 1. The zero-order valence-electron chi connectivity index (χ0n) is 10.5. The molecular weight excluding hydrogens is 308 g/mol. The molecule has 0 amide bonds. The Kier molecular flexibility index (Phi) is 2.87. The maximum Gasteiger partial charge on any atom is 0.256 e. The summed E-state index contributed by atoms with van der Waals surface area (Å²) < 4.78 is 2.57. The van der Waals surface area contributed by atoms with Crippen molar-refractivity contribution >= 4 is 33.0 Å². The Balaban J connectivity index is 1.95. The predicted octanol–water partition coefficient (Wildman–Crippen LogP) is 2.99. The van der Waals surface area contributed by atoms with E-state index in [0.29, 0.717) is 11.8 Å². The van der Waals surface area contributed by atoms with Gasteiger partial charge in [-0.25, -0.2) is 4.98 Å². The van der Waals surface area contributed by atoms with E-state index >= 15 is 0 Å². The first-order valence-corrected chi connectivity index (χ1v) is 7.30. The van der Waals surface area contributed by atoms with Crippen molar-refractivity contribution in [3.05, 3.63) is 47.6 Å². The predicted molar refractivity (Wildman–Crippen MR) is 80.6 cm³/mol. The van der Waals surface area contributed by atoms with Crippen molar-refractivity contribution in [1.82, 2.24) is 29.7 Å². The summed E-state index contributed by atoms with van der Waals surface area (Å²) in [5.41, 5.74) is 0.924. The lowest BCUT2D eigenvalue weighted by Crippen LogP contribution is -2.05. The summed E-state index contributed by atoms with van der Waals surface area (Å²) in [6.07, 6.45) is 2.93. The minimum atomic E-state index is 0.124. The molecule has 0 spiro atoms. The third-order valence-corrected chi connectivity index (χ3v) is 4.07. The molecule has 3 aromatic heterocycles. The van der Waals surface area contributed by atoms with Gasteiger partial charge < -0.3 is 0 Å². The van der Waals surface area contributed by atoms with E-state index in [-0.39, 0.29) is 5.28 Å². The van der Waals surface area contributed by atoms with E-state index < -0.39 is 0 Å². The molecule has 3 heterocycles. The van der Waals surface area contributed by atoms with E-state index in [1.54, 1.807) is 11.3 Å². The van der Waals surface area contributed by atoms with Gasteiger partial charge in [0, 0.05) is 10.3 Å². The largest absolute Gasteiger partial charge is 0.256 e. The smallest absolute Gasteiger partial charge is 0.223 e. The van der Waals surface area contributed by atoms with Gasteiger partial charge in [0.25, 0.3) is 5.95 Å². The molecule has 8 heteroatoms. The second kappa shape index (κ2) is 4.87. The number of hydrogen-bond donors (Lipinski definition) is 0. The molecule has 6 nitrogen and oxygen atoms in total. The number of hydrogen-bond acceptors (Lipinski definition) is 6. The first-order chi connectivity index (χ1) is 10.3. The van der Waals surface area contributed by atoms with Crippen LogP contribution in [0.2, 0.25) is 5.28 Å². The van der Waals surface area contributed by atoms with E-state index in [1.165, 1.54) is 17.3 Å². The van der Waals surface area contributed by atoms with E-state index in [1.807, 2.05) is 17.5 Å². The molecule has 0 aliphatic rings. The lowest BCUT2D eigenvalue weighted by molar-refractivity contribution is 0.796. The summed E-state index contributed by atoms with van der Waals surface area (Å²) in [6.45, 7) is 0. The van der Waals surface area contributed by atoms with Crippen LogP contribution in [0.3, 0.4) is 0 Å². The fourth-order valence-electron chi connectivity index (χ4n) is 2.04. The van der Waals surface area contributed by atoms with Crippen molar-refractivity contribution in [2.75, 3.05) is 0 Å². The SMILES string of the molecule is Clc1nc(-c2cccc3ccsc23)nc(-n2cncn2)n1. The Morgan fingerprint density at radius 2 is 2.05 bits per heavy atom. The highest BCUT2D eigenvalue weighted by atomic mass is 35.5. The second-order valence-electron chi connectivity index (χ2n) is 4.21. The Labute approximate surface area is 128 Å². The van der Waals surface area contributed by atoms with Gasteiger partial charge in [0.05, 0.1) is 0 Å². The third-order valence-electron chi connectivity index (χ3n) is 2.94. The highest BCUT2D eigenvalue weighted by Crippen LogP contribution is 2.31. The number of rotatable bonds is 2. The van der Waals surface area contributed by atoms with Crippen LogP contribution >= 0.6 is 22.9 Å². The van der Waals surface area contributed by atoms with Crippen LogP contribution in [-0.2, 0) is 0 Å². The van der Waals surface area contributed by atoms with Gasteiger partial charge >= 0.3 is 0 Å². The highest BCUT2D eigenvalue weighted by molar-refractivity contribution is 7.17. The Hall–Kier alpha value is -2.38. The van der Waals surface area contributed by atoms with Crippen LogP contribution in [0.1, 0.15) is 0 Å². The molecule has 21 heavy (non-hydrogen) atoms. The molecule has 0 aliphatic carbocycles. The number of nitrogens with zero attached hydrogens (tertiary/aromatic N) is 6. The molecule has 102 valence electrons. The average molecular weight is 315 g/mol. The van der Waals surface area contributed by atoms with Crippen LogP contribution in [0, 0.1) is 0 Å². The first-order valence-electron chi connectivity index (χ1n) is 6.04. The second-order valence-corrected chi connectivity index (χ2v) is 5.47. The summed E-state index contributed by atoms with van der Waals surface area (Å²) >= 11 is 7.66. The molecule has 1 aromatic carbocycles. The van der Waals surface area contributed by atoms with Gasteiger partial charge in [-0.1, -0.05) is 12.1 Å². The maximum atomic E-state index is 6.02. The Morgan fingerprint density at radius 3 is 2.90 bits per heavy atom. The fourth-order valence-corrected chi connectivity index (χ4v) is 3.11. The van der Waals surface area contributed by atoms with Crippen molar-refractivity contribution in [1.29, 1.82) is 0 Å². The van der Waals surface area contributed by atoms with Gasteiger partial charge in [0.1, 0.15) is 12.7 Å². The molecule has 4 aromatic rings. The molecule has 0 fully saturated rings. The van der Waals surface area contributed by atoms with Crippen LogP contribution in [0.25, 0.3) is 27.4 Å². The standard InChI is InChI=1S/C13H7ClN6S/c14-12-17-11(18-13(19-12)20-7-15-6-16-20)9-3-1-2-8-4-5-21-10(8)9/h1-7H. The average Bonchev–Trinajstić information content (AvgIpc) is 3.17. The summed E-state index contributed by atoms with van der Waals surface area (Å²) in [4.78, 5) is 16.6. The van der Waals surface area contributed by atoms with Crippen molar-refractivity contribution in [2.45, 2.75) is 0 Å². The lowest BCUT2D eigenvalue weighted by atomic mass is 10.1. The molecule has 0 unspecified atom stereocenters. The molecule has 0 bridgehead atoms. The van der Waals surface area contributed by atoms with E-state index in [9.17, 15) is 0 Å². The lowest BCUT2D eigenvalue weighted by Gasteiger charge is -2.05. The number of thiophene rings is 1. The topological polar surface area (TPSA) is 69.4 Å². The maximum absolute atomic E-state index is 6.02. The van der Waals surface area contributed by atoms with E-state index in [4.69, 9.17) is 11.6 Å². The number of benzene rings is 1. The molecule has 0 radical (unpaired) electrons. The van der Waals surface area contributed by atoms with Crippen LogP contribution in [0.5, 0.6) is 0 Å². The zero-order valence-corrected chi connectivity index (χ0v) is 12.1. The summed E-state index contributed by atoms with van der Waals surface area (Å²) in [5.74, 6) is 0.865. The van der Waals surface area contributed by atoms with Crippen LogP contribution < -0.4 is 0 Å². The van der Waals surface area contributed by atoms with Crippen LogP contribution in [-0.4, -0.2) is 29.7 Å². The van der Waals surface area contributed by atoms with Gasteiger partial charge in [0.15, 0.2) is 5.82 Å². The normalized spacial score (nSPS) is 11.1. The minimum Gasteiger partial charge on any atom is -0.223 e. The van der Waals surface area contributed by atoms with Gasteiger partial charge in [-0.05, 0) is 34.5 Å². The van der Waals surface area contributed by atoms with Crippen molar-refractivity contribution in [2.24, 2.45) is 0 Å². The molecule has 0 aliphatic heterocycles.